The third-order valence-electron chi connectivity index (χ3n) is 5.68. The molecule has 2 amide bonds. The van der Waals surface area contributed by atoms with Crippen molar-refractivity contribution >= 4 is 17.5 Å². The smallest absolute Gasteiger partial charge is 0.282 e. The Bertz CT molecular complexity index is 716. The molecule has 1 fully saturated rings. The molecule has 0 saturated carbocycles. The predicted molar refractivity (Wildman–Crippen MR) is 118 cm³/mol. The van der Waals surface area contributed by atoms with Gasteiger partial charge in [-0.3, -0.25) is 9.59 Å². The summed E-state index contributed by atoms with van der Waals surface area (Å²) in [4.78, 5) is 27.8. The quantitative estimate of drug-likeness (QED) is 0.559. The van der Waals surface area contributed by atoms with Crippen molar-refractivity contribution in [3.8, 4) is 0 Å². The van der Waals surface area contributed by atoms with E-state index in [0.717, 1.165) is 49.4 Å². The van der Waals surface area contributed by atoms with Crippen LogP contribution in [0.2, 0.25) is 0 Å². The molecule has 1 heterocycles. The first-order valence-electron chi connectivity index (χ1n) is 10.8. The van der Waals surface area contributed by atoms with Crippen molar-refractivity contribution in [2.75, 3.05) is 38.0 Å². The average molecular weight is 405 g/mol. The molecule has 0 spiro atoms. The predicted octanol–water partition coefficient (Wildman–Crippen LogP) is 0.0271. The summed E-state index contributed by atoms with van der Waals surface area (Å²) in [5.74, 6) is 0.177. The lowest BCUT2D eigenvalue weighted by Gasteiger charge is -2.24. The van der Waals surface area contributed by atoms with E-state index in [4.69, 9.17) is 0 Å². The highest BCUT2D eigenvalue weighted by atomic mass is 16.2. The monoisotopic (exact) mass is 404 g/mol. The number of hydrogen-bond acceptors (Lipinski definition) is 2. The molecule has 0 radical (unpaired) electrons. The van der Waals surface area contributed by atoms with Gasteiger partial charge in [0.1, 0.15) is 13.1 Å². The molecule has 0 aromatic heterocycles. The summed E-state index contributed by atoms with van der Waals surface area (Å²) in [6.45, 7) is 18.5. The molecule has 2 unspecified atom stereocenters. The van der Waals surface area contributed by atoms with Gasteiger partial charge >= 0.3 is 0 Å². The normalized spacial score (nSPS) is 21.2. The Kier molecular flexibility index (Phi) is 7.83. The second kappa shape index (κ2) is 9.72. The van der Waals surface area contributed by atoms with Crippen LogP contribution < -0.4 is 20.4 Å². The van der Waals surface area contributed by atoms with E-state index in [1.54, 1.807) is 0 Å². The first kappa shape index (κ1) is 23.4. The highest BCUT2D eigenvalue weighted by molar-refractivity contribution is 5.95. The van der Waals surface area contributed by atoms with Crippen molar-refractivity contribution in [1.29, 1.82) is 0 Å². The van der Waals surface area contributed by atoms with E-state index in [0.29, 0.717) is 6.54 Å². The largest absolute Gasteiger partial charge is 0.347 e. The fraction of sp³-hybridized carbons (Fsp3) is 0.652. The van der Waals surface area contributed by atoms with Crippen LogP contribution in [0.1, 0.15) is 50.8 Å². The second-order valence-corrected chi connectivity index (χ2v) is 9.72. The van der Waals surface area contributed by atoms with Crippen LogP contribution in [0.5, 0.6) is 0 Å². The highest BCUT2D eigenvalue weighted by Crippen LogP contribution is 2.21. The molecule has 6 nitrogen and oxygen atoms in total. The van der Waals surface area contributed by atoms with E-state index in [1.807, 2.05) is 41.5 Å². The lowest BCUT2D eigenvalue weighted by atomic mass is 10.0. The number of aryl methyl sites for hydroxylation is 3. The van der Waals surface area contributed by atoms with Gasteiger partial charge in [0.25, 0.3) is 11.8 Å². The van der Waals surface area contributed by atoms with Crippen LogP contribution in [0.15, 0.2) is 12.1 Å². The Labute approximate surface area is 176 Å². The summed E-state index contributed by atoms with van der Waals surface area (Å²) in [7, 11) is 0. The molecule has 0 bridgehead atoms. The van der Waals surface area contributed by atoms with Gasteiger partial charge in [-0.15, -0.1) is 0 Å². The number of benzene rings is 1. The zero-order valence-corrected chi connectivity index (χ0v) is 19.3. The van der Waals surface area contributed by atoms with Crippen LogP contribution in [0, 0.1) is 20.8 Å². The zero-order chi connectivity index (χ0) is 21.8. The molecule has 162 valence electrons. The van der Waals surface area contributed by atoms with Crippen LogP contribution in [0.3, 0.4) is 0 Å². The molecule has 1 aromatic carbocycles. The summed E-state index contributed by atoms with van der Waals surface area (Å²) >= 11 is 0. The summed E-state index contributed by atoms with van der Waals surface area (Å²) in [5.41, 5.74) is 4.16. The van der Waals surface area contributed by atoms with Gasteiger partial charge in [-0.2, -0.15) is 0 Å². The van der Waals surface area contributed by atoms with Crippen LogP contribution in [0.25, 0.3) is 0 Å². The fourth-order valence-electron chi connectivity index (χ4n) is 4.25. The SMILES string of the molecule is Cc1cc(C)c(NC(=O)[C@H](C)[NH+]2CCC[NH+](CC(=O)NC(C)(C)C)CC2)c(C)c1. The van der Waals surface area contributed by atoms with Crippen LogP contribution in [-0.2, 0) is 9.59 Å². The Morgan fingerprint density at radius 3 is 2.24 bits per heavy atom. The van der Waals surface area contributed by atoms with Gasteiger partial charge in [0.15, 0.2) is 12.6 Å². The number of rotatable bonds is 5. The first-order valence-corrected chi connectivity index (χ1v) is 10.8. The van der Waals surface area contributed by atoms with Crippen molar-refractivity contribution in [2.45, 2.75) is 66.5 Å². The number of hydrogen-bond donors (Lipinski definition) is 4. The molecule has 3 atom stereocenters. The highest BCUT2D eigenvalue weighted by Gasteiger charge is 2.30. The average Bonchev–Trinajstić information content (AvgIpc) is 2.81. The van der Waals surface area contributed by atoms with E-state index >= 15 is 0 Å². The molecular weight excluding hydrogens is 364 g/mol. The minimum absolute atomic E-state index is 0.0731. The number of quaternary nitrogens is 2. The Hall–Kier alpha value is -1.92. The van der Waals surface area contributed by atoms with Crippen LogP contribution >= 0.6 is 0 Å². The van der Waals surface area contributed by atoms with Gasteiger partial charge in [-0.25, -0.2) is 0 Å². The van der Waals surface area contributed by atoms with E-state index < -0.39 is 0 Å². The van der Waals surface area contributed by atoms with Gasteiger partial charge < -0.3 is 20.4 Å². The topological polar surface area (TPSA) is 67.1 Å². The summed E-state index contributed by atoms with van der Waals surface area (Å²) in [6, 6.07) is 4.10. The first-order chi connectivity index (χ1) is 13.5. The van der Waals surface area contributed by atoms with Crippen molar-refractivity contribution < 1.29 is 19.4 Å². The van der Waals surface area contributed by atoms with Gasteiger partial charge in [-0.05, 0) is 59.6 Å². The summed E-state index contributed by atoms with van der Waals surface area (Å²) in [5, 5.41) is 6.21. The van der Waals surface area contributed by atoms with E-state index in [1.165, 1.54) is 15.4 Å². The van der Waals surface area contributed by atoms with E-state index in [2.05, 4.69) is 29.7 Å². The maximum atomic E-state index is 12.9. The van der Waals surface area contributed by atoms with Gasteiger partial charge in [0, 0.05) is 17.6 Å². The zero-order valence-electron chi connectivity index (χ0n) is 19.3. The van der Waals surface area contributed by atoms with Crippen molar-refractivity contribution in [2.24, 2.45) is 0 Å². The standard InChI is InChI=1S/C23H38N4O2/c1-16-13-17(2)21(18(3)14-16)24-22(29)19(4)27-10-8-9-26(11-12-27)15-20(28)25-23(5,6)7/h13-14,19H,8-12,15H2,1-7H3,(H,24,29)(H,25,28)/p+2/t19-/m0/s1. The third kappa shape index (κ3) is 7.12. The molecule has 2 rings (SSSR count). The molecule has 1 saturated heterocycles. The minimum atomic E-state index is -0.196. The summed E-state index contributed by atoms with van der Waals surface area (Å²) in [6.07, 6.45) is 1.02. The van der Waals surface area contributed by atoms with Gasteiger partial charge in [0.2, 0.25) is 0 Å². The van der Waals surface area contributed by atoms with Crippen molar-refractivity contribution in [3.63, 3.8) is 0 Å². The summed E-state index contributed by atoms with van der Waals surface area (Å²) < 4.78 is 0. The molecule has 1 aliphatic rings. The van der Waals surface area contributed by atoms with Gasteiger partial charge in [-0.1, -0.05) is 17.7 Å². The number of carbonyl (C=O) groups excluding carboxylic acids is 2. The second-order valence-electron chi connectivity index (χ2n) is 9.72. The maximum absolute atomic E-state index is 12.9. The molecule has 1 aromatic rings. The fourth-order valence-corrected chi connectivity index (χ4v) is 4.25. The molecule has 1 aliphatic heterocycles. The van der Waals surface area contributed by atoms with Crippen LogP contribution in [0.4, 0.5) is 5.69 Å². The third-order valence-corrected chi connectivity index (χ3v) is 5.68. The number of anilines is 1. The molecule has 29 heavy (non-hydrogen) atoms. The lowest BCUT2D eigenvalue weighted by molar-refractivity contribution is -0.942. The van der Waals surface area contributed by atoms with Crippen molar-refractivity contribution in [1.82, 2.24) is 5.32 Å². The number of carbonyl (C=O) groups is 2. The lowest BCUT2D eigenvalue weighted by Crippen LogP contribution is -3.20. The van der Waals surface area contributed by atoms with E-state index in [-0.39, 0.29) is 23.4 Å². The van der Waals surface area contributed by atoms with Gasteiger partial charge in [0.05, 0.1) is 13.1 Å². The Morgan fingerprint density at radius 1 is 1.03 bits per heavy atom. The Balaban J connectivity index is 1.92. The number of amides is 2. The molecule has 0 aliphatic carbocycles. The maximum Gasteiger partial charge on any atom is 0.282 e. The molecule has 4 N–H and O–H groups in total. The molecular formula is C23H40N4O2+2. The minimum Gasteiger partial charge on any atom is -0.347 e. The Morgan fingerprint density at radius 2 is 1.66 bits per heavy atom. The van der Waals surface area contributed by atoms with Crippen LogP contribution in [-0.4, -0.2) is 56.1 Å². The number of nitrogens with one attached hydrogen (secondary N) is 4. The van der Waals surface area contributed by atoms with E-state index in [9.17, 15) is 9.59 Å². The molecule has 6 heteroatoms. The van der Waals surface area contributed by atoms with Crippen molar-refractivity contribution in [3.05, 3.63) is 28.8 Å².